The molecule has 3 rings (SSSR count). The topological polar surface area (TPSA) is 32.3 Å². The molecule has 1 atom stereocenters. The Bertz CT molecular complexity index is 555. The van der Waals surface area contributed by atoms with Crippen LogP contribution in [0.1, 0.15) is 38.4 Å². The molecule has 1 amide bonds. The molecule has 1 N–H and O–H groups in total. The van der Waals surface area contributed by atoms with Crippen LogP contribution in [0.2, 0.25) is 0 Å². The second kappa shape index (κ2) is 4.52. The van der Waals surface area contributed by atoms with Crippen molar-refractivity contribution in [2.75, 3.05) is 6.54 Å². The first-order valence-corrected chi connectivity index (χ1v) is 6.97. The Morgan fingerprint density at radius 1 is 1.35 bits per heavy atom. The summed E-state index contributed by atoms with van der Waals surface area (Å²) in [5, 5.41) is 3.30. The van der Waals surface area contributed by atoms with Gasteiger partial charge in [0.15, 0.2) is 11.6 Å². The van der Waals surface area contributed by atoms with Gasteiger partial charge in [-0.1, -0.05) is 19.9 Å². The molecule has 1 spiro atoms. The first-order valence-electron chi connectivity index (χ1n) is 6.97. The van der Waals surface area contributed by atoms with Crippen LogP contribution in [0.4, 0.5) is 8.78 Å². The summed E-state index contributed by atoms with van der Waals surface area (Å²) < 4.78 is 26.5. The van der Waals surface area contributed by atoms with Gasteiger partial charge in [-0.05, 0) is 36.5 Å². The molecular weight excluding hydrogens is 262 g/mol. The van der Waals surface area contributed by atoms with Crippen LogP contribution >= 0.6 is 0 Å². The molecule has 1 aromatic rings. The number of nitrogens with zero attached hydrogens (tertiary/aromatic N) is 1. The lowest BCUT2D eigenvalue weighted by Gasteiger charge is -2.26. The Labute approximate surface area is 117 Å². The predicted octanol–water partition coefficient (Wildman–Crippen LogP) is 2.58. The Morgan fingerprint density at radius 3 is 2.60 bits per heavy atom. The summed E-state index contributed by atoms with van der Waals surface area (Å²) >= 11 is 0. The zero-order chi connectivity index (χ0) is 14.5. The van der Waals surface area contributed by atoms with Gasteiger partial charge < -0.3 is 4.90 Å². The highest BCUT2D eigenvalue weighted by Crippen LogP contribution is 2.46. The summed E-state index contributed by atoms with van der Waals surface area (Å²) in [6, 6.07) is 3.83. The van der Waals surface area contributed by atoms with E-state index in [2.05, 4.69) is 5.32 Å². The molecule has 1 aromatic carbocycles. The fourth-order valence-electron chi connectivity index (χ4n) is 2.80. The van der Waals surface area contributed by atoms with Crippen LogP contribution in [0.5, 0.6) is 0 Å². The molecule has 1 aliphatic carbocycles. The largest absolute Gasteiger partial charge is 0.321 e. The predicted molar refractivity (Wildman–Crippen MR) is 70.8 cm³/mol. The van der Waals surface area contributed by atoms with Crippen LogP contribution in [-0.2, 0) is 4.79 Å². The van der Waals surface area contributed by atoms with Gasteiger partial charge in [0.1, 0.15) is 11.7 Å². The minimum absolute atomic E-state index is 0.0842. The van der Waals surface area contributed by atoms with Crippen LogP contribution in [-0.4, -0.2) is 22.9 Å². The number of amides is 1. The zero-order valence-electron chi connectivity index (χ0n) is 11.6. The van der Waals surface area contributed by atoms with E-state index in [1.165, 1.54) is 12.1 Å². The summed E-state index contributed by atoms with van der Waals surface area (Å²) in [6.45, 7) is 4.68. The number of benzene rings is 1. The normalized spacial score (nSPS) is 23.9. The SMILES string of the molecule is CC(C)CN1C(=O)C2(CC2)NC1c1ccc(F)c(F)c1. The Balaban J connectivity index is 1.93. The Kier molecular flexibility index (Phi) is 3.05. The second-order valence-electron chi connectivity index (χ2n) is 6.15. The highest BCUT2D eigenvalue weighted by molar-refractivity contribution is 5.92. The lowest BCUT2D eigenvalue weighted by Crippen LogP contribution is -2.34. The molecule has 1 saturated heterocycles. The summed E-state index contributed by atoms with van der Waals surface area (Å²) in [5.41, 5.74) is 0.145. The van der Waals surface area contributed by atoms with E-state index < -0.39 is 17.2 Å². The number of hydrogen-bond donors (Lipinski definition) is 1. The van der Waals surface area contributed by atoms with Gasteiger partial charge in [0.2, 0.25) is 5.91 Å². The van der Waals surface area contributed by atoms with Crippen LogP contribution in [0, 0.1) is 17.6 Å². The summed E-state index contributed by atoms with van der Waals surface area (Å²) in [7, 11) is 0. The molecular formula is C15H18F2N2O. The fourth-order valence-corrected chi connectivity index (χ4v) is 2.80. The van der Waals surface area contributed by atoms with Crippen LogP contribution < -0.4 is 5.32 Å². The van der Waals surface area contributed by atoms with Gasteiger partial charge >= 0.3 is 0 Å². The lowest BCUT2D eigenvalue weighted by atomic mass is 10.1. The van der Waals surface area contributed by atoms with E-state index in [0.717, 1.165) is 18.9 Å². The summed E-state index contributed by atoms with van der Waals surface area (Å²) in [5.74, 6) is -1.34. The Morgan fingerprint density at radius 2 is 2.05 bits per heavy atom. The summed E-state index contributed by atoms with van der Waals surface area (Å²) in [6.07, 6.45) is 1.28. The van der Waals surface area contributed by atoms with Crippen molar-refractivity contribution in [3.8, 4) is 0 Å². The molecule has 3 nitrogen and oxygen atoms in total. The standard InChI is InChI=1S/C15H18F2N2O/c1-9(2)8-19-13(18-15(5-6-15)14(19)20)10-3-4-11(16)12(17)7-10/h3-4,7,9,13,18H,5-6,8H2,1-2H3. The van der Waals surface area contributed by atoms with E-state index in [9.17, 15) is 13.6 Å². The van der Waals surface area contributed by atoms with Gasteiger partial charge in [0, 0.05) is 6.54 Å². The van der Waals surface area contributed by atoms with Crippen molar-refractivity contribution in [2.24, 2.45) is 5.92 Å². The lowest BCUT2D eigenvalue weighted by molar-refractivity contribution is -0.131. The van der Waals surface area contributed by atoms with Gasteiger partial charge in [0.05, 0.1) is 0 Å². The molecule has 0 aromatic heterocycles. The summed E-state index contributed by atoms with van der Waals surface area (Å²) in [4.78, 5) is 14.2. The van der Waals surface area contributed by atoms with E-state index in [1.807, 2.05) is 13.8 Å². The van der Waals surface area contributed by atoms with Crippen molar-refractivity contribution in [2.45, 2.75) is 38.4 Å². The van der Waals surface area contributed by atoms with E-state index in [-0.39, 0.29) is 12.1 Å². The minimum atomic E-state index is -0.877. The van der Waals surface area contributed by atoms with E-state index >= 15 is 0 Å². The van der Waals surface area contributed by atoms with Crippen molar-refractivity contribution in [1.29, 1.82) is 0 Å². The third-order valence-electron chi connectivity index (χ3n) is 3.97. The van der Waals surface area contributed by atoms with Gasteiger partial charge in [-0.3, -0.25) is 10.1 Å². The number of hydrogen-bond acceptors (Lipinski definition) is 2. The van der Waals surface area contributed by atoms with Gasteiger partial charge in [0.25, 0.3) is 0 Å². The molecule has 5 heteroatoms. The van der Waals surface area contributed by atoms with Crippen molar-refractivity contribution in [3.63, 3.8) is 0 Å². The monoisotopic (exact) mass is 280 g/mol. The minimum Gasteiger partial charge on any atom is -0.321 e. The van der Waals surface area contributed by atoms with Gasteiger partial charge in [-0.2, -0.15) is 0 Å². The fraction of sp³-hybridized carbons (Fsp3) is 0.533. The molecule has 1 heterocycles. The number of carbonyl (C=O) groups excluding carboxylic acids is 1. The number of halogens is 2. The average molecular weight is 280 g/mol. The molecule has 0 radical (unpaired) electrons. The third-order valence-corrected chi connectivity index (χ3v) is 3.97. The van der Waals surface area contributed by atoms with Crippen LogP contribution in [0.25, 0.3) is 0 Å². The molecule has 1 unspecified atom stereocenters. The van der Waals surface area contributed by atoms with Gasteiger partial charge in [-0.15, -0.1) is 0 Å². The van der Waals surface area contributed by atoms with Gasteiger partial charge in [-0.25, -0.2) is 8.78 Å². The van der Waals surface area contributed by atoms with Crippen molar-refractivity contribution in [1.82, 2.24) is 10.2 Å². The van der Waals surface area contributed by atoms with E-state index in [1.54, 1.807) is 4.90 Å². The maximum absolute atomic E-state index is 13.4. The second-order valence-corrected chi connectivity index (χ2v) is 6.15. The molecule has 108 valence electrons. The van der Waals surface area contributed by atoms with Crippen molar-refractivity contribution < 1.29 is 13.6 Å². The number of nitrogens with one attached hydrogen (secondary N) is 1. The molecule has 2 aliphatic rings. The van der Waals surface area contributed by atoms with Crippen LogP contribution in [0.3, 0.4) is 0 Å². The zero-order valence-corrected chi connectivity index (χ0v) is 11.6. The molecule has 20 heavy (non-hydrogen) atoms. The van der Waals surface area contributed by atoms with Crippen LogP contribution in [0.15, 0.2) is 18.2 Å². The number of rotatable bonds is 3. The Hall–Kier alpha value is -1.49. The molecule has 1 aliphatic heterocycles. The first kappa shape index (κ1) is 13.5. The number of carbonyl (C=O) groups is 1. The van der Waals surface area contributed by atoms with E-state index in [4.69, 9.17) is 0 Å². The average Bonchev–Trinajstić information content (AvgIpc) is 3.12. The highest BCUT2D eigenvalue weighted by atomic mass is 19.2. The first-order chi connectivity index (χ1) is 9.43. The molecule has 0 bridgehead atoms. The maximum Gasteiger partial charge on any atom is 0.244 e. The smallest absolute Gasteiger partial charge is 0.244 e. The van der Waals surface area contributed by atoms with Crippen molar-refractivity contribution in [3.05, 3.63) is 35.4 Å². The maximum atomic E-state index is 13.4. The quantitative estimate of drug-likeness (QED) is 0.923. The highest BCUT2D eigenvalue weighted by Gasteiger charge is 2.59. The molecule has 1 saturated carbocycles. The van der Waals surface area contributed by atoms with Crippen molar-refractivity contribution >= 4 is 5.91 Å². The van der Waals surface area contributed by atoms with E-state index in [0.29, 0.717) is 18.0 Å². The molecule has 2 fully saturated rings. The third kappa shape index (κ3) is 2.10.